The topological polar surface area (TPSA) is 85.6 Å². The van der Waals surface area contributed by atoms with Crippen LogP contribution >= 0.6 is 0 Å². The zero-order valence-electron chi connectivity index (χ0n) is 14.6. The second-order valence-electron chi connectivity index (χ2n) is 6.67. The minimum atomic E-state index is -0.510. The Balaban J connectivity index is 1.34. The van der Waals surface area contributed by atoms with Gasteiger partial charge in [-0.25, -0.2) is 4.39 Å². The summed E-state index contributed by atoms with van der Waals surface area (Å²) in [5.74, 6) is -0.793. The van der Waals surface area contributed by atoms with Crippen LogP contribution in [0.4, 0.5) is 4.39 Å². The Morgan fingerprint density at radius 1 is 1.07 bits per heavy atom. The SMILES string of the molecule is O=C(NC1CCC(n2cc(-c3cnccn3)cn2)CC1)c1cncc(F)c1. The summed E-state index contributed by atoms with van der Waals surface area (Å²) in [7, 11) is 0. The summed E-state index contributed by atoms with van der Waals surface area (Å²) in [5, 5.41) is 7.44. The van der Waals surface area contributed by atoms with Crippen LogP contribution in [0.25, 0.3) is 11.3 Å². The van der Waals surface area contributed by atoms with Crippen LogP contribution < -0.4 is 5.32 Å². The number of hydrogen-bond donors (Lipinski definition) is 1. The first-order valence-corrected chi connectivity index (χ1v) is 8.91. The lowest BCUT2D eigenvalue weighted by Crippen LogP contribution is -2.38. The first kappa shape index (κ1) is 17.3. The maximum atomic E-state index is 13.2. The van der Waals surface area contributed by atoms with E-state index in [2.05, 4.69) is 25.4 Å². The fraction of sp³-hybridized carbons (Fsp3) is 0.316. The fourth-order valence-corrected chi connectivity index (χ4v) is 3.41. The Morgan fingerprint density at radius 3 is 2.67 bits per heavy atom. The number of hydrogen-bond acceptors (Lipinski definition) is 5. The number of rotatable bonds is 4. The van der Waals surface area contributed by atoms with Crippen LogP contribution in [0.5, 0.6) is 0 Å². The van der Waals surface area contributed by atoms with Gasteiger partial charge in [0.2, 0.25) is 0 Å². The van der Waals surface area contributed by atoms with Crippen molar-refractivity contribution in [3.63, 3.8) is 0 Å². The molecule has 4 rings (SSSR count). The molecule has 0 radical (unpaired) electrons. The molecule has 0 spiro atoms. The highest BCUT2D eigenvalue weighted by molar-refractivity contribution is 5.94. The molecule has 8 heteroatoms. The van der Waals surface area contributed by atoms with Crippen molar-refractivity contribution in [3.05, 3.63) is 60.8 Å². The van der Waals surface area contributed by atoms with Crippen LogP contribution in [0.15, 0.2) is 49.4 Å². The second-order valence-corrected chi connectivity index (χ2v) is 6.67. The molecule has 27 heavy (non-hydrogen) atoms. The predicted octanol–water partition coefficient (Wildman–Crippen LogP) is 2.79. The van der Waals surface area contributed by atoms with Crippen LogP contribution in [-0.2, 0) is 0 Å². The van der Waals surface area contributed by atoms with Crippen LogP contribution in [0.3, 0.4) is 0 Å². The third-order valence-corrected chi connectivity index (χ3v) is 4.83. The number of carbonyl (C=O) groups is 1. The lowest BCUT2D eigenvalue weighted by Gasteiger charge is -2.29. The summed E-state index contributed by atoms with van der Waals surface area (Å²) in [6, 6.07) is 1.57. The molecule has 3 aromatic rings. The Hall–Kier alpha value is -3.16. The van der Waals surface area contributed by atoms with Crippen molar-refractivity contribution < 1.29 is 9.18 Å². The van der Waals surface area contributed by atoms with Crippen molar-refractivity contribution in [2.75, 3.05) is 0 Å². The van der Waals surface area contributed by atoms with Gasteiger partial charge in [0, 0.05) is 36.4 Å². The van der Waals surface area contributed by atoms with Gasteiger partial charge in [-0.3, -0.25) is 24.4 Å². The molecular formula is C19H19FN6O. The average molecular weight is 366 g/mol. The molecule has 0 bridgehead atoms. The quantitative estimate of drug-likeness (QED) is 0.767. The van der Waals surface area contributed by atoms with Crippen LogP contribution in [-0.4, -0.2) is 36.7 Å². The number of nitrogens with one attached hydrogen (secondary N) is 1. The number of amides is 1. The van der Waals surface area contributed by atoms with Gasteiger partial charge in [0.05, 0.1) is 35.9 Å². The van der Waals surface area contributed by atoms with Gasteiger partial charge in [0.15, 0.2) is 0 Å². The predicted molar refractivity (Wildman–Crippen MR) is 96.2 cm³/mol. The minimum Gasteiger partial charge on any atom is -0.349 e. The zero-order valence-corrected chi connectivity index (χ0v) is 14.6. The fourth-order valence-electron chi connectivity index (χ4n) is 3.41. The third kappa shape index (κ3) is 3.99. The summed E-state index contributed by atoms with van der Waals surface area (Å²) in [6.45, 7) is 0. The summed E-state index contributed by atoms with van der Waals surface area (Å²) in [5.41, 5.74) is 1.99. The standard InChI is InChI=1S/C19H19FN6O/c20-15-7-13(8-22-10-15)19(27)25-16-1-3-17(4-2-16)26-12-14(9-24-26)18-11-21-5-6-23-18/h5-12,16-17H,1-4H2,(H,25,27). The van der Waals surface area contributed by atoms with Gasteiger partial charge in [-0.2, -0.15) is 5.10 Å². The van der Waals surface area contributed by atoms with E-state index in [1.54, 1.807) is 24.8 Å². The Kier molecular flexibility index (Phi) is 4.86. The molecule has 1 N–H and O–H groups in total. The lowest BCUT2D eigenvalue weighted by molar-refractivity contribution is 0.0921. The molecule has 1 aliphatic rings. The Bertz CT molecular complexity index is 921. The highest BCUT2D eigenvalue weighted by Crippen LogP contribution is 2.29. The van der Waals surface area contributed by atoms with E-state index in [1.165, 1.54) is 12.3 Å². The van der Waals surface area contributed by atoms with Crippen molar-refractivity contribution in [2.45, 2.75) is 37.8 Å². The zero-order chi connectivity index (χ0) is 18.6. The third-order valence-electron chi connectivity index (χ3n) is 4.83. The van der Waals surface area contributed by atoms with Crippen molar-refractivity contribution in [3.8, 4) is 11.3 Å². The van der Waals surface area contributed by atoms with E-state index < -0.39 is 5.82 Å². The van der Waals surface area contributed by atoms with Gasteiger partial charge in [-0.1, -0.05) is 0 Å². The molecule has 3 aromatic heterocycles. The Morgan fingerprint density at radius 2 is 1.93 bits per heavy atom. The van der Waals surface area contributed by atoms with Crippen LogP contribution in [0.2, 0.25) is 0 Å². The molecule has 0 aliphatic heterocycles. The van der Waals surface area contributed by atoms with E-state index >= 15 is 0 Å². The maximum Gasteiger partial charge on any atom is 0.253 e. The van der Waals surface area contributed by atoms with E-state index in [-0.39, 0.29) is 17.5 Å². The maximum absolute atomic E-state index is 13.2. The molecule has 0 atom stereocenters. The molecule has 1 saturated carbocycles. The Labute approximate surface area is 155 Å². The van der Waals surface area contributed by atoms with Crippen molar-refractivity contribution in [2.24, 2.45) is 0 Å². The molecule has 7 nitrogen and oxygen atoms in total. The van der Waals surface area contributed by atoms with E-state index in [1.807, 2.05) is 10.9 Å². The average Bonchev–Trinajstić information content (AvgIpc) is 3.19. The molecule has 0 unspecified atom stereocenters. The molecular weight excluding hydrogens is 347 g/mol. The first-order chi connectivity index (χ1) is 13.2. The highest BCUT2D eigenvalue weighted by Gasteiger charge is 2.24. The van der Waals surface area contributed by atoms with E-state index in [0.29, 0.717) is 6.04 Å². The smallest absolute Gasteiger partial charge is 0.253 e. The summed E-state index contributed by atoms with van der Waals surface area (Å²) in [4.78, 5) is 24.3. The van der Waals surface area contributed by atoms with Crippen molar-refractivity contribution in [1.82, 2.24) is 30.0 Å². The van der Waals surface area contributed by atoms with Gasteiger partial charge in [-0.05, 0) is 31.7 Å². The molecule has 1 fully saturated rings. The lowest BCUT2D eigenvalue weighted by atomic mass is 9.91. The van der Waals surface area contributed by atoms with Crippen molar-refractivity contribution in [1.29, 1.82) is 0 Å². The molecule has 1 amide bonds. The van der Waals surface area contributed by atoms with E-state index in [9.17, 15) is 9.18 Å². The molecule has 0 saturated heterocycles. The van der Waals surface area contributed by atoms with Crippen LogP contribution in [0, 0.1) is 5.82 Å². The van der Waals surface area contributed by atoms with Crippen LogP contribution in [0.1, 0.15) is 42.1 Å². The minimum absolute atomic E-state index is 0.0760. The van der Waals surface area contributed by atoms with Gasteiger partial charge < -0.3 is 5.32 Å². The van der Waals surface area contributed by atoms with E-state index in [4.69, 9.17) is 0 Å². The van der Waals surface area contributed by atoms with Crippen molar-refractivity contribution >= 4 is 5.91 Å². The largest absolute Gasteiger partial charge is 0.349 e. The number of aromatic nitrogens is 5. The molecule has 1 aliphatic carbocycles. The highest BCUT2D eigenvalue weighted by atomic mass is 19.1. The van der Waals surface area contributed by atoms with Gasteiger partial charge in [0.1, 0.15) is 5.82 Å². The molecule has 0 aromatic carbocycles. The molecule has 138 valence electrons. The summed E-state index contributed by atoms with van der Waals surface area (Å²) in [6.07, 6.45) is 14.8. The van der Waals surface area contributed by atoms with Gasteiger partial charge in [0.25, 0.3) is 5.91 Å². The van der Waals surface area contributed by atoms with E-state index in [0.717, 1.165) is 43.1 Å². The number of pyridine rings is 1. The van der Waals surface area contributed by atoms with Gasteiger partial charge in [-0.15, -0.1) is 0 Å². The monoisotopic (exact) mass is 366 g/mol. The molecule has 3 heterocycles. The summed E-state index contributed by atoms with van der Waals surface area (Å²) < 4.78 is 15.2. The summed E-state index contributed by atoms with van der Waals surface area (Å²) >= 11 is 0. The number of halogens is 1. The normalized spacial score (nSPS) is 19.6. The first-order valence-electron chi connectivity index (χ1n) is 8.91. The van der Waals surface area contributed by atoms with Gasteiger partial charge >= 0.3 is 0 Å². The second kappa shape index (κ2) is 7.61. The number of carbonyl (C=O) groups excluding carboxylic acids is 1. The number of nitrogens with zero attached hydrogens (tertiary/aromatic N) is 5.